The van der Waals surface area contributed by atoms with E-state index in [4.69, 9.17) is 10.5 Å². The second-order valence-corrected chi connectivity index (χ2v) is 2.63. The molecular weight excluding hydrogens is 154 g/mol. The molecule has 1 aromatic rings. The molecule has 4 nitrogen and oxygen atoms in total. The van der Waals surface area contributed by atoms with Crippen LogP contribution in [-0.4, -0.2) is 23.3 Å². The molecule has 0 amide bonds. The molecule has 0 aliphatic rings. The SMILES string of the molecule is COCCCn1cncc1CN. The molecule has 0 aliphatic heterocycles. The Morgan fingerprint density at radius 3 is 3.17 bits per heavy atom. The summed E-state index contributed by atoms with van der Waals surface area (Å²) < 4.78 is 7.00. The molecule has 0 atom stereocenters. The van der Waals surface area contributed by atoms with Crippen molar-refractivity contribution in [2.75, 3.05) is 13.7 Å². The summed E-state index contributed by atoms with van der Waals surface area (Å²) in [5.74, 6) is 0. The third-order valence-electron chi connectivity index (χ3n) is 1.76. The van der Waals surface area contributed by atoms with Gasteiger partial charge in [-0.05, 0) is 6.42 Å². The predicted octanol–water partition coefficient (Wildman–Crippen LogP) is 0.378. The zero-order valence-electron chi connectivity index (χ0n) is 7.36. The molecule has 1 rings (SSSR count). The molecule has 0 aromatic carbocycles. The average molecular weight is 169 g/mol. The van der Waals surface area contributed by atoms with Crippen LogP contribution in [0.15, 0.2) is 12.5 Å². The Hall–Kier alpha value is -0.870. The smallest absolute Gasteiger partial charge is 0.0948 e. The Bertz CT molecular complexity index is 222. The van der Waals surface area contributed by atoms with E-state index in [1.54, 1.807) is 19.6 Å². The van der Waals surface area contributed by atoms with E-state index in [1.165, 1.54) is 0 Å². The fourth-order valence-electron chi connectivity index (χ4n) is 1.10. The van der Waals surface area contributed by atoms with E-state index >= 15 is 0 Å². The van der Waals surface area contributed by atoms with Crippen molar-refractivity contribution in [3.05, 3.63) is 18.2 Å². The number of nitrogens with zero attached hydrogens (tertiary/aromatic N) is 2. The van der Waals surface area contributed by atoms with Crippen molar-refractivity contribution >= 4 is 0 Å². The average Bonchev–Trinajstić information content (AvgIpc) is 2.52. The summed E-state index contributed by atoms with van der Waals surface area (Å²) in [4.78, 5) is 4.01. The van der Waals surface area contributed by atoms with Gasteiger partial charge in [-0.1, -0.05) is 0 Å². The van der Waals surface area contributed by atoms with Gasteiger partial charge in [0.05, 0.1) is 12.0 Å². The number of rotatable bonds is 5. The minimum absolute atomic E-state index is 0.549. The lowest BCUT2D eigenvalue weighted by Gasteiger charge is -2.04. The van der Waals surface area contributed by atoms with Crippen molar-refractivity contribution in [3.63, 3.8) is 0 Å². The van der Waals surface area contributed by atoms with Gasteiger partial charge in [0, 0.05) is 33.0 Å². The van der Waals surface area contributed by atoms with Gasteiger partial charge in [-0.3, -0.25) is 0 Å². The first-order valence-electron chi connectivity index (χ1n) is 4.06. The van der Waals surface area contributed by atoms with Gasteiger partial charge in [-0.15, -0.1) is 0 Å². The maximum absolute atomic E-state index is 5.51. The van der Waals surface area contributed by atoms with Crippen LogP contribution >= 0.6 is 0 Å². The second kappa shape index (κ2) is 4.90. The molecule has 0 radical (unpaired) electrons. The van der Waals surface area contributed by atoms with Crippen LogP contribution in [0, 0.1) is 0 Å². The first-order chi connectivity index (χ1) is 5.88. The monoisotopic (exact) mass is 169 g/mol. The standard InChI is InChI=1S/C8H15N3O/c1-12-4-2-3-11-7-10-6-8(11)5-9/h6-7H,2-5,9H2,1H3. The summed E-state index contributed by atoms with van der Waals surface area (Å²) in [7, 11) is 1.71. The van der Waals surface area contributed by atoms with E-state index in [1.807, 2.05) is 0 Å². The lowest BCUT2D eigenvalue weighted by atomic mass is 10.4. The molecule has 0 aliphatic carbocycles. The minimum atomic E-state index is 0.549. The van der Waals surface area contributed by atoms with Crippen LogP contribution in [0.3, 0.4) is 0 Å². The van der Waals surface area contributed by atoms with Crippen molar-refractivity contribution < 1.29 is 4.74 Å². The van der Waals surface area contributed by atoms with Crippen LogP contribution in [-0.2, 0) is 17.8 Å². The number of ether oxygens (including phenoxy) is 1. The summed E-state index contributed by atoms with van der Waals surface area (Å²) >= 11 is 0. The molecular formula is C8H15N3O. The largest absolute Gasteiger partial charge is 0.385 e. The summed E-state index contributed by atoms with van der Waals surface area (Å²) in [5.41, 5.74) is 6.58. The normalized spacial score (nSPS) is 10.5. The van der Waals surface area contributed by atoms with Crippen LogP contribution in [0.4, 0.5) is 0 Å². The predicted molar refractivity (Wildman–Crippen MR) is 46.6 cm³/mol. The molecule has 0 fully saturated rings. The van der Waals surface area contributed by atoms with E-state index in [9.17, 15) is 0 Å². The summed E-state index contributed by atoms with van der Waals surface area (Å²) in [6.07, 6.45) is 4.60. The summed E-state index contributed by atoms with van der Waals surface area (Å²) in [5, 5.41) is 0. The number of hydrogen-bond acceptors (Lipinski definition) is 3. The Labute approximate surface area is 72.3 Å². The molecule has 12 heavy (non-hydrogen) atoms. The van der Waals surface area contributed by atoms with Gasteiger partial charge in [0.25, 0.3) is 0 Å². The van der Waals surface area contributed by atoms with Crippen molar-refractivity contribution in [2.24, 2.45) is 5.73 Å². The molecule has 0 saturated heterocycles. The molecule has 0 spiro atoms. The highest BCUT2D eigenvalue weighted by atomic mass is 16.5. The first-order valence-corrected chi connectivity index (χ1v) is 4.06. The number of nitrogens with two attached hydrogens (primary N) is 1. The third-order valence-corrected chi connectivity index (χ3v) is 1.76. The van der Waals surface area contributed by atoms with Crippen molar-refractivity contribution in [1.29, 1.82) is 0 Å². The van der Waals surface area contributed by atoms with Crippen LogP contribution in [0.1, 0.15) is 12.1 Å². The molecule has 0 bridgehead atoms. The van der Waals surface area contributed by atoms with Gasteiger partial charge >= 0.3 is 0 Å². The topological polar surface area (TPSA) is 53.1 Å². The fraction of sp³-hybridized carbons (Fsp3) is 0.625. The van der Waals surface area contributed by atoms with E-state index in [0.29, 0.717) is 6.54 Å². The van der Waals surface area contributed by atoms with Crippen molar-refractivity contribution in [3.8, 4) is 0 Å². The van der Waals surface area contributed by atoms with Gasteiger partial charge in [0.2, 0.25) is 0 Å². The number of aromatic nitrogens is 2. The summed E-state index contributed by atoms with van der Waals surface area (Å²) in [6.45, 7) is 2.26. The number of imidazole rings is 1. The molecule has 68 valence electrons. The van der Waals surface area contributed by atoms with Gasteiger partial charge in [-0.25, -0.2) is 4.98 Å². The highest BCUT2D eigenvalue weighted by molar-refractivity contribution is 4.96. The van der Waals surface area contributed by atoms with Gasteiger partial charge in [0.1, 0.15) is 0 Å². The Balaban J connectivity index is 2.39. The molecule has 0 unspecified atom stereocenters. The lowest BCUT2D eigenvalue weighted by molar-refractivity contribution is 0.190. The van der Waals surface area contributed by atoms with Gasteiger partial charge in [-0.2, -0.15) is 0 Å². The van der Waals surface area contributed by atoms with Crippen molar-refractivity contribution in [1.82, 2.24) is 9.55 Å². The molecule has 4 heteroatoms. The molecule has 1 heterocycles. The maximum atomic E-state index is 5.51. The number of aryl methyl sites for hydroxylation is 1. The van der Waals surface area contributed by atoms with E-state index in [0.717, 1.165) is 25.3 Å². The van der Waals surface area contributed by atoms with Gasteiger partial charge in [0.15, 0.2) is 0 Å². The van der Waals surface area contributed by atoms with E-state index < -0.39 is 0 Å². The summed E-state index contributed by atoms with van der Waals surface area (Å²) in [6, 6.07) is 0. The van der Waals surface area contributed by atoms with Gasteiger partial charge < -0.3 is 15.0 Å². The minimum Gasteiger partial charge on any atom is -0.385 e. The van der Waals surface area contributed by atoms with Crippen LogP contribution in [0.2, 0.25) is 0 Å². The van der Waals surface area contributed by atoms with Crippen LogP contribution < -0.4 is 5.73 Å². The fourth-order valence-corrected chi connectivity index (χ4v) is 1.10. The Morgan fingerprint density at radius 2 is 2.50 bits per heavy atom. The molecule has 1 aromatic heterocycles. The highest BCUT2D eigenvalue weighted by Gasteiger charge is 1.97. The van der Waals surface area contributed by atoms with Crippen LogP contribution in [0.25, 0.3) is 0 Å². The van der Waals surface area contributed by atoms with Crippen LogP contribution in [0.5, 0.6) is 0 Å². The highest BCUT2D eigenvalue weighted by Crippen LogP contribution is 1.99. The second-order valence-electron chi connectivity index (χ2n) is 2.63. The quantitative estimate of drug-likeness (QED) is 0.648. The van der Waals surface area contributed by atoms with E-state index in [2.05, 4.69) is 9.55 Å². The molecule has 2 N–H and O–H groups in total. The number of hydrogen-bond donors (Lipinski definition) is 1. The zero-order chi connectivity index (χ0) is 8.81. The number of methoxy groups -OCH3 is 1. The van der Waals surface area contributed by atoms with Crippen molar-refractivity contribution in [2.45, 2.75) is 19.5 Å². The lowest BCUT2D eigenvalue weighted by Crippen LogP contribution is -2.07. The zero-order valence-corrected chi connectivity index (χ0v) is 7.36. The first kappa shape index (κ1) is 9.22. The Morgan fingerprint density at radius 1 is 1.67 bits per heavy atom. The molecule has 0 saturated carbocycles. The maximum Gasteiger partial charge on any atom is 0.0948 e. The van der Waals surface area contributed by atoms with E-state index in [-0.39, 0.29) is 0 Å². The Kier molecular flexibility index (Phi) is 3.76. The third kappa shape index (κ3) is 2.32.